The van der Waals surface area contributed by atoms with Gasteiger partial charge in [-0.1, -0.05) is 36.4 Å². The van der Waals surface area contributed by atoms with E-state index in [9.17, 15) is 4.79 Å². The quantitative estimate of drug-likeness (QED) is 0.700. The van der Waals surface area contributed by atoms with E-state index in [4.69, 9.17) is 10.5 Å². The van der Waals surface area contributed by atoms with Gasteiger partial charge >= 0.3 is 0 Å². The number of carbonyl (C=O) groups is 1. The molecule has 118 valence electrons. The Balaban J connectivity index is 1.71. The molecule has 0 spiro atoms. The number of rotatable bonds is 9. The van der Waals surface area contributed by atoms with Crippen molar-refractivity contribution in [2.24, 2.45) is 5.73 Å². The fourth-order valence-corrected chi connectivity index (χ4v) is 2.32. The molecule has 0 unspecified atom stereocenters. The molecule has 1 amide bonds. The number of carbonyl (C=O) groups excluding carboxylic acids is 1. The van der Waals surface area contributed by atoms with E-state index in [0.29, 0.717) is 32.5 Å². The van der Waals surface area contributed by atoms with Crippen molar-refractivity contribution in [3.8, 4) is 5.75 Å². The molecule has 0 radical (unpaired) electrons. The van der Waals surface area contributed by atoms with Crippen molar-refractivity contribution < 1.29 is 9.53 Å². The SMILES string of the molecule is NCCCCNC(=O)CCCOc1cccc2ccccc12. The van der Waals surface area contributed by atoms with E-state index < -0.39 is 0 Å². The van der Waals surface area contributed by atoms with Crippen LogP contribution in [0.4, 0.5) is 0 Å². The monoisotopic (exact) mass is 300 g/mol. The predicted molar refractivity (Wildman–Crippen MR) is 90.0 cm³/mol. The summed E-state index contributed by atoms with van der Waals surface area (Å²) in [4.78, 5) is 11.6. The van der Waals surface area contributed by atoms with Crippen molar-refractivity contribution >= 4 is 16.7 Å². The lowest BCUT2D eigenvalue weighted by molar-refractivity contribution is -0.121. The molecule has 0 aliphatic heterocycles. The number of fused-ring (bicyclic) bond motifs is 1. The third kappa shape index (κ3) is 5.04. The highest BCUT2D eigenvalue weighted by Gasteiger charge is 2.03. The van der Waals surface area contributed by atoms with E-state index in [0.717, 1.165) is 29.4 Å². The molecular formula is C18H24N2O2. The second-order valence-electron chi connectivity index (χ2n) is 5.28. The van der Waals surface area contributed by atoms with Crippen LogP contribution < -0.4 is 15.8 Å². The molecule has 0 aromatic heterocycles. The summed E-state index contributed by atoms with van der Waals surface area (Å²) in [7, 11) is 0. The number of unbranched alkanes of at least 4 members (excludes halogenated alkanes) is 1. The van der Waals surface area contributed by atoms with Crippen molar-refractivity contribution in [1.29, 1.82) is 0 Å². The lowest BCUT2D eigenvalue weighted by Crippen LogP contribution is -2.25. The van der Waals surface area contributed by atoms with E-state index in [1.54, 1.807) is 0 Å². The molecule has 0 saturated carbocycles. The minimum atomic E-state index is 0.0820. The molecule has 0 aliphatic carbocycles. The van der Waals surface area contributed by atoms with Crippen molar-refractivity contribution in [3.05, 3.63) is 42.5 Å². The van der Waals surface area contributed by atoms with Crippen LogP contribution in [0.3, 0.4) is 0 Å². The van der Waals surface area contributed by atoms with Crippen LogP contribution in [0.15, 0.2) is 42.5 Å². The molecule has 0 atom stereocenters. The molecule has 0 aliphatic rings. The summed E-state index contributed by atoms with van der Waals surface area (Å²) in [6.45, 7) is 1.93. The third-order valence-electron chi connectivity index (χ3n) is 3.51. The lowest BCUT2D eigenvalue weighted by Gasteiger charge is -2.09. The van der Waals surface area contributed by atoms with E-state index in [1.807, 2.05) is 24.3 Å². The zero-order valence-electron chi connectivity index (χ0n) is 12.9. The van der Waals surface area contributed by atoms with Crippen LogP contribution in [0.5, 0.6) is 5.75 Å². The van der Waals surface area contributed by atoms with Crippen molar-refractivity contribution in [1.82, 2.24) is 5.32 Å². The first-order valence-corrected chi connectivity index (χ1v) is 7.88. The van der Waals surface area contributed by atoms with E-state index in [-0.39, 0.29) is 5.91 Å². The van der Waals surface area contributed by atoms with E-state index in [1.165, 1.54) is 0 Å². The van der Waals surface area contributed by atoms with Gasteiger partial charge in [-0.3, -0.25) is 4.79 Å². The molecule has 3 N–H and O–H groups in total. The molecule has 2 aromatic carbocycles. The molecule has 0 saturated heterocycles. The van der Waals surface area contributed by atoms with Gasteiger partial charge in [-0.05, 0) is 37.3 Å². The summed E-state index contributed by atoms with van der Waals surface area (Å²) in [6.07, 6.45) is 3.10. The smallest absolute Gasteiger partial charge is 0.220 e. The number of nitrogens with one attached hydrogen (secondary N) is 1. The number of hydrogen-bond acceptors (Lipinski definition) is 3. The van der Waals surface area contributed by atoms with Gasteiger partial charge in [0.15, 0.2) is 0 Å². The Bertz CT molecular complexity index is 593. The van der Waals surface area contributed by atoms with Crippen LogP contribution in [0.1, 0.15) is 25.7 Å². The Morgan fingerprint density at radius 2 is 1.86 bits per heavy atom. The summed E-state index contributed by atoms with van der Waals surface area (Å²) >= 11 is 0. The molecular weight excluding hydrogens is 276 g/mol. The first kappa shape index (κ1) is 16.3. The number of benzene rings is 2. The van der Waals surface area contributed by atoms with Crippen molar-refractivity contribution in [3.63, 3.8) is 0 Å². The highest BCUT2D eigenvalue weighted by atomic mass is 16.5. The molecule has 2 aromatic rings. The van der Waals surface area contributed by atoms with E-state index in [2.05, 4.69) is 23.5 Å². The molecule has 0 heterocycles. The van der Waals surface area contributed by atoms with Gasteiger partial charge in [0.25, 0.3) is 0 Å². The predicted octanol–water partition coefficient (Wildman–Crippen LogP) is 2.85. The highest BCUT2D eigenvalue weighted by Crippen LogP contribution is 2.25. The van der Waals surface area contributed by atoms with Gasteiger partial charge in [0.05, 0.1) is 6.61 Å². The first-order valence-electron chi connectivity index (χ1n) is 7.88. The van der Waals surface area contributed by atoms with Gasteiger partial charge in [0.2, 0.25) is 5.91 Å². The van der Waals surface area contributed by atoms with E-state index >= 15 is 0 Å². The summed E-state index contributed by atoms with van der Waals surface area (Å²) in [5.41, 5.74) is 5.41. The van der Waals surface area contributed by atoms with Crippen LogP contribution >= 0.6 is 0 Å². The van der Waals surface area contributed by atoms with Crippen molar-refractivity contribution in [2.45, 2.75) is 25.7 Å². The molecule has 4 heteroatoms. The van der Waals surface area contributed by atoms with Crippen LogP contribution in [-0.2, 0) is 4.79 Å². The Morgan fingerprint density at radius 3 is 2.73 bits per heavy atom. The van der Waals surface area contributed by atoms with Gasteiger partial charge in [0, 0.05) is 18.4 Å². The fourth-order valence-electron chi connectivity index (χ4n) is 2.32. The minimum Gasteiger partial charge on any atom is -0.493 e. The molecule has 0 fully saturated rings. The Hall–Kier alpha value is -2.07. The summed E-state index contributed by atoms with van der Waals surface area (Å²) in [6, 6.07) is 14.2. The fraction of sp³-hybridized carbons (Fsp3) is 0.389. The van der Waals surface area contributed by atoms with Gasteiger partial charge in [-0.15, -0.1) is 0 Å². The second-order valence-corrected chi connectivity index (χ2v) is 5.28. The van der Waals surface area contributed by atoms with Crippen molar-refractivity contribution in [2.75, 3.05) is 19.7 Å². The van der Waals surface area contributed by atoms with Crippen LogP contribution in [0.2, 0.25) is 0 Å². The summed E-state index contributed by atoms with van der Waals surface area (Å²) < 4.78 is 5.82. The maximum atomic E-state index is 11.6. The number of amides is 1. The average Bonchev–Trinajstić information content (AvgIpc) is 2.56. The van der Waals surface area contributed by atoms with Gasteiger partial charge < -0.3 is 15.8 Å². The molecule has 4 nitrogen and oxygen atoms in total. The summed E-state index contributed by atoms with van der Waals surface area (Å²) in [5.74, 6) is 0.958. The number of ether oxygens (including phenoxy) is 1. The van der Waals surface area contributed by atoms with Gasteiger partial charge in [-0.25, -0.2) is 0 Å². The van der Waals surface area contributed by atoms with Gasteiger partial charge in [0.1, 0.15) is 5.75 Å². The van der Waals surface area contributed by atoms with Crippen LogP contribution in [-0.4, -0.2) is 25.6 Å². The lowest BCUT2D eigenvalue weighted by atomic mass is 10.1. The first-order chi connectivity index (χ1) is 10.8. The minimum absolute atomic E-state index is 0.0820. The molecule has 2 rings (SSSR count). The number of hydrogen-bond donors (Lipinski definition) is 2. The number of nitrogens with two attached hydrogens (primary N) is 1. The maximum absolute atomic E-state index is 11.6. The highest BCUT2D eigenvalue weighted by molar-refractivity contribution is 5.88. The maximum Gasteiger partial charge on any atom is 0.220 e. The Kier molecular flexibility index (Phi) is 6.71. The average molecular weight is 300 g/mol. The standard InChI is InChI=1S/C18H24N2O2/c19-12-3-4-13-20-18(21)11-6-14-22-17-10-5-8-15-7-1-2-9-16(15)17/h1-2,5,7-10H,3-4,6,11-14,19H2,(H,20,21). The Morgan fingerprint density at radius 1 is 1.05 bits per heavy atom. The molecule has 22 heavy (non-hydrogen) atoms. The zero-order chi connectivity index (χ0) is 15.6. The van der Waals surface area contributed by atoms with Crippen LogP contribution in [0, 0.1) is 0 Å². The normalized spacial score (nSPS) is 10.6. The molecule has 0 bridgehead atoms. The van der Waals surface area contributed by atoms with Gasteiger partial charge in [-0.2, -0.15) is 0 Å². The van der Waals surface area contributed by atoms with Crippen LogP contribution in [0.25, 0.3) is 10.8 Å². The second kappa shape index (κ2) is 9.05. The topological polar surface area (TPSA) is 64.3 Å². The largest absolute Gasteiger partial charge is 0.493 e. The zero-order valence-corrected chi connectivity index (χ0v) is 12.9. The third-order valence-corrected chi connectivity index (χ3v) is 3.51. The summed E-state index contributed by atoms with van der Waals surface area (Å²) in [5, 5.41) is 5.17. The Labute approximate surface area is 131 Å².